The Kier molecular flexibility index (Phi) is 7.57. The standard InChI is InChI=1S/C27H33FN6O4S/c1-17(2)30-25(35)19-5-9-21(10-6-19)34-23-15-24(33-11-13-39(37,38)14-12-33)29-16-22(23)31-27(34)32-26(36)18-3-7-20(28)8-4-18/h3-4,7-8,15-17,19,21H,5-6,9-14H2,1-2H3,(H,30,35)(H,31,32,36)/t19-,21+. The molecule has 0 unspecified atom stereocenters. The van der Waals surface area contributed by atoms with Gasteiger partial charge in [-0.05, 0) is 63.8 Å². The number of carbonyl (C=O) groups excluding carboxylic acids is 2. The van der Waals surface area contributed by atoms with Crippen LogP contribution >= 0.6 is 0 Å². The molecule has 5 rings (SSSR count). The molecular weight excluding hydrogens is 523 g/mol. The fourth-order valence-electron chi connectivity index (χ4n) is 5.34. The summed E-state index contributed by atoms with van der Waals surface area (Å²) in [5, 5.41) is 3.00. The van der Waals surface area contributed by atoms with Gasteiger partial charge in [0.2, 0.25) is 11.5 Å². The summed E-state index contributed by atoms with van der Waals surface area (Å²) in [5.74, 6) is -0.126. The molecule has 2 aliphatic rings. The zero-order valence-electron chi connectivity index (χ0n) is 22.1. The van der Waals surface area contributed by atoms with Gasteiger partial charge in [0, 0.05) is 42.7 Å². The van der Waals surface area contributed by atoms with E-state index in [1.54, 1.807) is 6.20 Å². The van der Waals surface area contributed by atoms with Crippen molar-refractivity contribution < 1.29 is 22.4 Å². The van der Waals surface area contributed by atoms with Gasteiger partial charge in [0.1, 0.15) is 11.6 Å². The zero-order chi connectivity index (χ0) is 27.7. The van der Waals surface area contributed by atoms with E-state index in [0.717, 1.165) is 18.4 Å². The van der Waals surface area contributed by atoms with Gasteiger partial charge in [-0.25, -0.2) is 17.8 Å². The van der Waals surface area contributed by atoms with Crippen LogP contribution < -0.4 is 15.8 Å². The highest BCUT2D eigenvalue weighted by molar-refractivity contribution is 7.91. The number of carbonyl (C=O) groups is 2. The normalized spacial score (nSPS) is 21.8. The summed E-state index contributed by atoms with van der Waals surface area (Å²) in [6, 6.07) is 7.22. The Hall–Kier alpha value is -3.54. The van der Waals surface area contributed by atoms with Gasteiger partial charge < -0.3 is 19.8 Å². The Morgan fingerprint density at radius 3 is 2.41 bits per heavy atom. The maximum absolute atomic E-state index is 13.4. The highest BCUT2D eigenvalue weighted by atomic mass is 32.2. The number of nitrogens with one attached hydrogen (secondary N) is 2. The van der Waals surface area contributed by atoms with Crippen molar-refractivity contribution in [1.82, 2.24) is 19.9 Å². The molecule has 39 heavy (non-hydrogen) atoms. The van der Waals surface area contributed by atoms with E-state index in [1.807, 2.05) is 29.4 Å². The lowest BCUT2D eigenvalue weighted by atomic mass is 9.85. The predicted octanol–water partition coefficient (Wildman–Crippen LogP) is 2.74. The van der Waals surface area contributed by atoms with E-state index >= 15 is 0 Å². The molecular formula is C27H33FN6O4S. The molecule has 1 aliphatic heterocycles. The molecule has 10 nitrogen and oxygen atoms in total. The van der Waals surface area contributed by atoms with Crippen molar-refractivity contribution >= 4 is 38.5 Å². The molecule has 0 atom stereocenters. The number of hydrogen-bond acceptors (Lipinski definition) is 6. The van der Waals surface area contributed by atoms with Gasteiger partial charge in [0.15, 0.2) is 9.84 Å². The molecule has 2 aromatic heterocycles. The number of amides is 2. The van der Waals surface area contributed by atoms with E-state index in [0.29, 0.717) is 42.9 Å². The molecule has 0 bridgehead atoms. The second-order valence-corrected chi connectivity index (χ2v) is 12.9. The van der Waals surface area contributed by atoms with E-state index in [2.05, 4.69) is 20.3 Å². The second-order valence-electron chi connectivity index (χ2n) is 10.6. The number of aromatic nitrogens is 3. The summed E-state index contributed by atoms with van der Waals surface area (Å²) in [4.78, 5) is 39.7. The van der Waals surface area contributed by atoms with E-state index in [4.69, 9.17) is 0 Å². The van der Waals surface area contributed by atoms with Gasteiger partial charge in [-0.2, -0.15) is 4.99 Å². The number of hydrogen-bond donors (Lipinski definition) is 2. The number of anilines is 1. The number of sulfone groups is 1. The van der Waals surface area contributed by atoms with E-state index < -0.39 is 21.6 Å². The van der Waals surface area contributed by atoms with Crippen LogP contribution in [0.2, 0.25) is 0 Å². The van der Waals surface area contributed by atoms with Crippen molar-refractivity contribution in [3.05, 3.63) is 53.5 Å². The maximum atomic E-state index is 13.4. The molecule has 0 radical (unpaired) electrons. The van der Waals surface area contributed by atoms with E-state index in [-0.39, 0.29) is 41.0 Å². The molecule has 2 N–H and O–H groups in total. The number of fused-ring (bicyclic) bond motifs is 1. The van der Waals surface area contributed by atoms with Gasteiger partial charge in [-0.1, -0.05) is 0 Å². The smallest absolute Gasteiger partial charge is 0.280 e. The number of imidazole rings is 1. The molecule has 2 amide bonds. The quantitative estimate of drug-likeness (QED) is 0.497. The van der Waals surface area contributed by atoms with Crippen LogP contribution in [-0.4, -0.2) is 65.4 Å². The summed E-state index contributed by atoms with van der Waals surface area (Å²) in [5.41, 5.74) is 2.11. The van der Waals surface area contributed by atoms with Crippen molar-refractivity contribution in [3.63, 3.8) is 0 Å². The first-order chi connectivity index (χ1) is 18.6. The molecule has 1 aromatic carbocycles. The molecule has 1 aliphatic carbocycles. The predicted molar refractivity (Wildman–Crippen MR) is 146 cm³/mol. The average Bonchev–Trinajstić information content (AvgIpc) is 3.25. The van der Waals surface area contributed by atoms with Crippen molar-refractivity contribution in [2.45, 2.75) is 51.6 Å². The largest absolute Gasteiger partial charge is 0.355 e. The Morgan fingerprint density at radius 2 is 1.77 bits per heavy atom. The molecule has 1 saturated carbocycles. The van der Waals surface area contributed by atoms with Crippen LogP contribution in [0.3, 0.4) is 0 Å². The summed E-state index contributed by atoms with van der Waals surface area (Å²) in [6.07, 6.45) is 4.53. The van der Waals surface area contributed by atoms with Crippen molar-refractivity contribution in [2.24, 2.45) is 10.9 Å². The monoisotopic (exact) mass is 556 g/mol. The van der Waals surface area contributed by atoms with Gasteiger partial charge in [0.05, 0.1) is 28.7 Å². The minimum Gasteiger partial charge on any atom is -0.355 e. The average molecular weight is 557 g/mol. The first-order valence-electron chi connectivity index (χ1n) is 13.3. The lowest BCUT2D eigenvalue weighted by molar-refractivity contribution is -0.126. The third-order valence-electron chi connectivity index (χ3n) is 7.43. The third-order valence-corrected chi connectivity index (χ3v) is 9.04. The highest BCUT2D eigenvalue weighted by Gasteiger charge is 2.29. The SMILES string of the molecule is CC(C)NC(=O)[C@H]1CC[C@@H](n2/c(=N/C(=O)c3ccc(F)cc3)[nH]c3cnc(N4CCS(=O)(=O)CC4)cc32)CC1. The Labute approximate surface area is 226 Å². The minimum absolute atomic E-state index is 0.0152. The van der Waals surface area contributed by atoms with Gasteiger partial charge in [-0.3, -0.25) is 9.59 Å². The number of rotatable bonds is 5. The molecule has 3 aromatic rings. The first kappa shape index (κ1) is 27.0. The molecule has 1 saturated heterocycles. The number of aromatic amines is 1. The van der Waals surface area contributed by atoms with Crippen LogP contribution in [0, 0.1) is 11.7 Å². The number of pyridine rings is 1. The molecule has 0 spiro atoms. The fraction of sp³-hybridized carbons (Fsp3) is 0.481. The summed E-state index contributed by atoms with van der Waals surface area (Å²) < 4.78 is 39.2. The van der Waals surface area contributed by atoms with Crippen LogP contribution in [0.25, 0.3) is 11.0 Å². The first-order valence-corrected chi connectivity index (χ1v) is 15.1. The van der Waals surface area contributed by atoms with Crippen molar-refractivity contribution in [3.8, 4) is 0 Å². The van der Waals surface area contributed by atoms with Crippen LogP contribution in [0.15, 0.2) is 41.5 Å². The molecule has 12 heteroatoms. The summed E-state index contributed by atoms with van der Waals surface area (Å²) in [7, 11) is -3.04. The number of benzene rings is 1. The number of nitrogens with zero attached hydrogens (tertiary/aromatic N) is 4. The number of H-pyrrole nitrogens is 1. The van der Waals surface area contributed by atoms with Gasteiger partial charge >= 0.3 is 0 Å². The third kappa shape index (κ3) is 6.05. The van der Waals surface area contributed by atoms with Crippen LogP contribution in [-0.2, 0) is 14.6 Å². The Bertz CT molecular complexity index is 1540. The molecule has 208 valence electrons. The second kappa shape index (κ2) is 10.9. The highest BCUT2D eigenvalue weighted by Crippen LogP contribution is 2.34. The molecule has 3 heterocycles. The van der Waals surface area contributed by atoms with Gasteiger partial charge in [-0.15, -0.1) is 0 Å². The van der Waals surface area contributed by atoms with Crippen molar-refractivity contribution in [2.75, 3.05) is 29.5 Å². The topological polar surface area (TPSA) is 130 Å². The Balaban J connectivity index is 1.51. The van der Waals surface area contributed by atoms with E-state index in [9.17, 15) is 22.4 Å². The maximum Gasteiger partial charge on any atom is 0.280 e. The lowest BCUT2D eigenvalue weighted by Gasteiger charge is -2.30. The fourth-order valence-corrected chi connectivity index (χ4v) is 6.54. The zero-order valence-corrected chi connectivity index (χ0v) is 22.9. The number of halogens is 1. The summed E-state index contributed by atoms with van der Waals surface area (Å²) >= 11 is 0. The van der Waals surface area contributed by atoms with Crippen LogP contribution in [0.5, 0.6) is 0 Å². The Morgan fingerprint density at radius 1 is 1.10 bits per heavy atom. The van der Waals surface area contributed by atoms with E-state index in [1.165, 1.54) is 24.3 Å². The van der Waals surface area contributed by atoms with Crippen LogP contribution in [0.1, 0.15) is 55.9 Å². The van der Waals surface area contributed by atoms with Crippen LogP contribution in [0.4, 0.5) is 10.2 Å². The summed E-state index contributed by atoms with van der Waals surface area (Å²) in [6.45, 7) is 4.62. The van der Waals surface area contributed by atoms with Crippen molar-refractivity contribution in [1.29, 1.82) is 0 Å². The lowest BCUT2D eigenvalue weighted by Crippen LogP contribution is -2.40. The van der Waals surface area contributed by atoms with Gasteiger partial charge in [0.25, 0.3) is 5.91 Å². The minimum atomic E-state index is -3.04. The molecule has 2 fully saturated rings.